The molecule has 3 nitrogen and oxygen atoms in total. The van der Waals surface area contributed by atoms with Crippen LogP contribution in [0.3, 0.4) is 0 Å². The fourth-order valence-corrected chi connectivity index (χ4v) is 3.40. The van der Waals surface area contributed by atoms with Gasteiger partial charge >= 0.3 is 0 Å². The number of Topliss-reactive ketones (excluding diaryl/α,β-unsaturated/α-hetero) is 1. The van der Waals surface area contributed by atoms with E-state index >= 15 is 0 Å². The third kappa shape index (κ3) is 1.40. The number of anilines is 1. The van der Waals surface area contributed by atoms with Gasteiger partial charge in [-0.2, -0.15) is 0 Å². The number of hydrogen-bond acceptors (Lipinski definition) is 2. The standard InChI is InChI=1S/C17H13NO2/c19-15-10-14-16(18(15)11-6-2-1-3-7-11)12-8-4-5-9-13(12)17(14)20/h1-9,14,16H,10H2/t14-,16+/m0/s1. The second-order valence-electron chi connectivity index (χ2n) is 5.31. The summed E-state index contributed by atoms with van der Waals surface area (Å²) in [4.78, 5) is 26.5. The molecule has 2 aliphatic rings. The number of amides is 1. The molecule has 20 heavy (non-hydrogen) atoms. The summed E-state index contributed by atoms with van der Waals surface area (Å²) in [6.45, 7) is 0. The second-order valence-corrected chi connectivity index (χ2v) is 5.31. The highest BCUT2D eigenvalue weighted by Gasteiger charge is 2.50. The Labute approximate surface area is 116 Å². The summed E-state index contributed by atoms with van der Waals surface area (Å²) in [5.74, 6) is -0.0773. The second kappa shape index (κ2) is 4.04. The molecule has 0 unspecified atom stereocenters. The molecule has 0 spiro atoms. The summed E-state index contributed by atoms with van der Waals surface area (Å²) in [5, 5.41) is 0. The molecule has 1 heterocycles. The topological polar surface area (TPSA) is 37.4 Å². The van der Waals surface area contributed by atoms with E-state index in [9.17, 15) is 9.59 Å². The maximum Gasteiger partial charge on any atom is 0.228 e. The number of carbonyl (C=O) groups excluding carboxylic acids is 2. The van der Waals surface area contributed by atoms with Crippen LogP contribution in [0.2, 0.25) is 0 Å². The molecular weight excluding hydrogens is 250 g/mol. The Bertz CT molecular complexity index is 708. The van der Waals surface area contributed by atoms with Crippen LogP contribution in [0.25, 0.3) is 0 Å². The van der Waals surface area contributed by atoms with Gasteiger partial charge in [0, 0.05) is 17.7 Å². The summed E-state index contributed by atoms with van der Waals surface area (Å²) >= 11 is 0. The average molecular weight is 263 g/mol. The van der Waals surface area contributed by atoms with Gasteiger partial charge in [-0.1, -0.05) is 42.5 Å². The lowest BCUT2D eigenvalue weighted by Crippen LogP contribution is -2.27. The number of benzene rings is 2. The van der Waals surface area contributed by atoms with E-state index < -0.39 is 0 Å². The number of fused-ring (bicyclic) bond motifs is 3. The third-order valence-corrected chi connectivity index (χ3v) is 4.24. The molecular formula is C17H13NO2. The first kappa shape index (κ1) is 11.4. The zero-order valence-electron chi connectivity index (χ0n) is 10.8. The van der Waals surface area contributed by atoms with E-state index in [1.807, 2.05) is 54.6 Å². The minimum Gasteiger partial charge on any atom is -0.304 e. The number of ketones is 1. The molecule has 3 heteroatoms. The fourth-order valence-electron chi connectivity index (χ4n) is 3.40. The number of nitrogens with zero attached hydrogens (tertiary/aromatic N) is 1. The van der Waals surface area contributed by atoms with Gasteiger partial charge in [0.25, 0.3) is 0 Å². The molecule has 1 saturated heterocycles. The summed E-state index contributed by atoms with van der Waals surface area (Å²) in [6.07, 6.45) is 0.313. The zero-order chi connectivity index (χ0) is 13.7. The molecule has 1 fully saturated rings. The molecule has 1 aliphatic carbocycles. The van der Waals surface area contributed by atoms with Crippen LogP contribution in [-0.2, 0) is 4.79 Å². The molecule has 1 amide bonds. The molecule has 98 valence electrons. The molecule has 0 bridgehead atoms. The van der Waals surface area contributed by atoms with Crippen molar-refractivity contribution in [3.05, 3.63) is 65.7 Å². The molecule has 0 saturated carbocycles. The van der Waals surface area contributed by atoms with Gasteiger partial charge in [0.05, 0.1) is 12.0 Å². The normalized spacial score (nSPS) is 23.9. The van der Waals surface area contributed by atoms with Gasteiger partial charge in [-0.15, -0.1) is 0 Å². The van der Waals surface area contributed by atoms with E-state index in [0.717, 1.165) is 16.8 Å². The Kier molecular flexibility index (Phi) is 2.30. The van der Waals surface area contributed by atoms with Crippen LogP contribution in [0.4, 0.5) is 5.69 Å². The first-order valence-corrected chi connectivity index (χ1v) is 6.77. The number of carbonyl (C=O) groups is 2. The van der Waals surface area contributed by atoms with Crippen LogP contribution >= 0.6 is 0 Å². The Morgan fingerprint density at radius 2 is 1.60 bits per heavy atom. The highest BCUT2D eigenvalue weighted by molar-refractivity contribution is 6.11. The van der Waals surface area contributed by atoms with Crippen LogP contribution in [0, 0.1) is 5.92 Å². The van der Waals surface area contributed by atoms with Gasteiger partial charge in [0.2, 0.25) is 5.91 Å². The van der Waals surface area contributed by atoms with Gasteiger partial charge < -0.3 is 4.90 Å². The summed E-state index contributed by atoms with van der Waals surface area (Å²) < 4.78 is 0. The predicted octanol–water partition coefficient (Wildman–Crippen LogP) is 2.98. The lowest BCUT2D eigenvalue weighted by atomic mass is 10.0. The molecule has 0 aromatic heterocycles. The van der Waals surface area contributed by atoms with Crippen molar-refractivity contribution >= 4 is 17.4 Å². The molecule has 1 aliphatic heterocycles. The van der Waals surface area contributed by atoms with Crippen LogP contribution < -0.4 is 4.90 Å². The number of hydrogen-bond donors (Lipinski definition) is 0. The summed E-state index contributed by atoms with van der Waals surface area (Å²) in [7, 11) is 0. The van der Waals surface area contributed by atoms with Gasteiger partial charge in [-0.05, 0) is 17.7 Å². The molecule has 2 aromatic carbocycles. The molecule has 0 N–H and O–H groups in total. The van der Waals surface area contributed by atoms with Crippen molar-refractivity contribution in [2.75, 3.05) is 4.90 Å². The molecule has 4 rings (SSSR count). The number of para-hydroxylation sites is 1. The zero-order valence-corrected chi connectivity index (χ0v) is 10.8. The van der Waals surface area contributed by atoms with E-state index in [-0.39, 0.29) is 23.7 Å². The van der Waals surface area contributed by atoms with Crippen molar-refractivity contribution in [1.29, 1.82) is 0 Å². The predicted molar refractivity (Wildman–Crippen MR) is 75.5 cm³/mol. The Morgan fingerprint density at radius 1 is 0.900 bits per heavy atom. The van der Waals surface area contributed by atoms with Crippen molar-refractivity contribution in [2.24, 2.45) is 5.92 Å². The molecule has 2 atom stereocenters. The quantitative estimate of drug-likeness (QED) is 0.793. The highest BCUT2D eigenvalue weighted by atomic mass is 16.2. The van der Waals surface area contributed by atoms with E-state index in [0.29, 0.717) is 6.42 Å². The summed E-state index contributed by atoms with van der Waals surface area (Å²) in [6, 6.07) is 17.1. The van der Waals surface area contributed by atoms with Gasteiger partial charge in [0.1, 0.15) is 0 Å². The maximum atomic E-state index is 12.4. The van der Waals surface area contributed by atoms with Gasteiger partial charge in [-0.25, -0.2) is 0 Å². The van der Waals surface area contributed by atoms with Crippen molar-refractivity contribution in [1.82, 2.24) is 0 Å². The van der Waals surface area contributed by atoms with E-state index in [2.05, 4.69) is 0 Å². The van der Waals surface area contributed by atoms with Gasteiger partial charge in [-0.3, -0.25) is 9.59 Å². The van der Waals surface area contributed by atoms with Crippen molar-refractivity contribution in [2.45, 2.75) is 12.5 Å². The lowest BCUT2D eigenvalue weighted by molar-refractivity contribution is -0.117. The molecule has 0 radical (unpaired) electrons. The smallest absolute Gasteiger partial charge is 0.228 e. The van der Waals surface area contributed by atoms with E-state index in [4.69, 9.17) is 0 Å². The maximum absolute atomic E-state index is 12.4. The van der Waals surface area contributed by atoms with Gasteiger partial charge in [0.15, 0.2) is 5.78 Å². The Hall–Kier alpha value is -2.42. The Morgan fingerprint density at radius 3 is 2.40 bits per heavy atom. The van der Waals surface area contributed by atoms with Crippen LogP contribution in [-0.4, -0.2) is 11.7 Å². The minimum absolute atomic E-state index is 0.0362. The van der Waals surface area contributed by atoms with Crippen molar-refractivity contribution in [3.8, 4) is 0 Å². The summed E-state index contributed by atoms with van der Waals surface area (Å²) in [5.41, 5.74) is 2.63. The van der Waals surface area contributed by atoms with E-state index in [1.54, 1.807) is 4.90 Å². The van der Waals surface area contributed by atoms with Crippen LogP contribution in [0.1, 0.15) is 28.4 Å². The number of rotatable bonds is 1. The first-order chi connectivity index (χ1) is 9.77. The van der Waals surface area contributed by atoms with Crippen molar-refractivity contribution in [3.63, 3.8) is 0 Å². The first-order valence-electron chi connectivity index (χ1n) is 6.77. The highest BCUT2D eigenvalue weighted by Crippen LogP contribution is 2.48. The largest absolute Gasteiger partial charge is 0.304 e. The van der Waals surface area contributed by atoms with E-state index in [1.165, 1.54) is 0 Å². The average Bonchev–Trinajstić information content (AvgIpc) is 2.96. The Balaban J connectivity index is 1.87. The fraction of sp³-hybridized carbons (Fsp3) is 0.176. The molecule has 2 aromatic rings. The lowest BCUT2D eigenvalue weighted by Gasteiger charge is -2.24. The SMILES string of the molecule is O=C1c2ccccc2[C@@H]2[C@@H]1CC(=O)N2c1ccccc1. The monoisotopic (exact) mass is 263 g/mol. The van der Waals surface area contributed by atoms with Crippen LogP contribution in [0.5, 0.6) is 0 Å². The third-order valence-electron chi connectivity index (χ3n) is 4.24. The van der Waals surface area contributed by atoms with Crippen molar-refractivity contribution < 1.29 is 9.59 Å². The van der Waals surface area contributed by atoms with Crippen LogP contribution in [0.15, 0.2) is 54.6 Å². The minimum atomic E-state index is -0.222.